The average molecular weight is 363 g/mol. The minimum atomic E-state index is -0.588. The number of nitrogens with one attached hydrogen (secondary N) is 2. The van der Waals surface area contributed by atoms with Crippen molar-refractivity contribution >= 4 is 11.6 Å². The number of carbonyl (C=O) groups is 1. The number of halogens is 1. The van der Waals surface area contributed by atoms with Gasteiger partial charge in [0.2, 0.25) is 5.95 Å². The number of ether oxygens (including phenoxy) is 1. The lowest BCUT2D eigenvalue weighted by molar-refractivity contribution is -0.0349. The van der Waals surface area contributed by atoms with Crippen LogP contribution in [0.5, 0.6) is 0 Å². The van der Waals surface area contributed by atoms with Crippen LogP contribution >= 0.6 is 0 Å². The number of carbonyl (C=O) groups excluding carboxylic acids is 1. The lowest BCUT2D eigenvalue weighted by atomic mass is 9.68. The molecule has 4 aliphatic rings. The third-order valence-corrected chi connectivity index (χ3v) is 6.02. The molecule has 4 heterocycles. The summed E-state index contributed by atoms with van der Waals surface area (Å²) in [6, 6.07) is 3.22. The van der Waals surface area contributed by atoms with E-state index in [1.807, 2.05) is 11.9 Å². The quantitative estimate of drug-likeness (QED) is 0.730. The maximum Gasteiger partial charge on any atom is 0.269 e. The number of amides is 1. The van der Waals surface area contributed by atoms with Gasteiger partial charge in [0.25, 0.3) is 5.91 Å². The van der Waals surface area contributed by atoms with E-state index in [-0.39, 0.29) is 22.7 Å². The first kappa shape index (κ1) is 17.6. The first-order chi connectivity index (χ1) is 12.5. The fraction of sp³-hybridized carbons (Fsp3) is 0.667. The maximum atomic E-state index is 14.3. The van der Waals surface area contributed by atoms with Crippen molar-refractivity contribution in [2.75, 3.05) is 58.3 Å². The summed E-state index contributed by atoms with van der Waals surface area (Å²) >= 11 is 0. The zero-order valence-corrected chi connectivity index (χ0v) is 15.3. The fourth-order valence-electron chi connectivity index (χ4n) is 4.56. The van der Waals surface area contributed by atoms with Crippen LogP contribution in [-0.2, 0) is 4.74 Å². The second kappa shape index (κ2) is 6.44. The number of hydrogen-bond donors (Lipinski definition) is 2. The number of nitrogens with zero attached hydrogens (tertiary/aromatic N) is 3. The molecule has 1 aromatic heterocycles. The molecule has 8 heteroatoms. The minimum Gasteiger partial charge on any atom is -0.372 e. The Balaban J connectivity index is 1.34. The van der Waals surface area contributed by atoms with E-state index in [4.69, 9.17) is 4.74 Å². The summed E-state index contributed by atoms with van der Waals surface area (Å²) in [6.07, 6.45) is 2.16. The average Bonchev–Trinajstić information content (AvgIpc) is 3.17. The van der Waals surface area contributed by atoms with Crippen LogP contribution < -0.4 is 15.5 Å². The van der Waals surface area contributed by atoms with E-state index >= 15 is 0 Å². The summed E-state index contributed by atoms with van der Waals surface area (Å²) in [6.45, 7) is 4.97. The highest BCUT2D eigenvalue weighted by Crippen LogP contribution is 2.51. The smallest absolute Gasteiger partial charge is 0.269 e. The number of piperazine rings is 1. The topological polar surface area (TPSA) is 69.7 Å². The number of likely N-dealkylation sites (N-methyl/N-ethyl adjacent to an activating group) is 1. The van der Waals surface area contributed by atoms with Crippen molar-refractivity contribution in [2.24, 2.45) is 0 Å². The van der Waals surface area contributed by atoms with Crippen LogP contribution in [0.15, 0.2) is 12.1 Å². The van der Waals surface area contributed by atoms with Crippen molar-refractivity contribution < 1.29 is 13.9 Å². The van der Waals surface area contributed by atoms with Gasteiger partial charge in [-0.1, -0.05) is 0 Å². The molecule has 0 atom stereocenters. The van der Waals surface area contributed by atoms with Gasteiger partial charge in [0, 0.05) is 45.3 Å². The summed E-state index contributed by atoms with van der Waals surface area (Å²) in [5.74, 6) is -0.968. The molecule has 0 unspecified atom stereocenters. The highest BCUT2D eigenvalue weighted by atomic mass is 19.1. The SMILES string of the molecule is CNC(=O)c1ccc(N2CCN(CC34CC(NC)(CO3)C4)CC2)c(F)n1. The van der Waals surface area contributed by atoms with Crippen LogP contribution in [-0.4, -0.2) is 80.4 Å². The molecule has 2 bridgehead atoms. The molecule has 4 fully saturated rings. The summed E-state index contributed by atoms with van der Waals surface area (Å²) in [5.41, 5.74) is 0.768. The maximum absolute atomic E-state index is 14.3. The molecular weight excluding hydrogens is 337 g/mol. The van der Waals surface area contributed by atoms with Gasteiger partial charge in [0.15, 0.2) is 0 Å². The number of fused-ring (bicyclic) bond motifs is 1. The van der Waals surface area contributed by atoms with Crippen LogP contribution in [0.25, 0.3) is 0 Å². The molecule has 142 valence electrons. The van der Waals surface area contributed by atoms with Crippen LogP contribution in [0.2, 0.25) is 0 Å². The van der Waals surface area contributed by atoms with Crippen molar-refractivity contribution in [3.8, 4) is 0 Å². The van der Waals surface area contributed by atoms with Gasteiger partial charge in [-0.25, -0.2) is 4.98 Å². The molecule has 2 N–H and O–H groups in total. The molecule has 26 heavy (non-hydrogen) atoms. The number of aromatic nitrogens is 1. The van der Waals surface area contributed by atoms with Gasteiger partial charge < -0.3 is 20.3 Å². The normalized spacial score (nSPS) is 31.0. The highest BCUT2D eigenvalue weighted by molar-refractivity contribution is 5.92. The summed E-state index contributed by atoms with van der Waals surface area (Å²) in [5, 5.41) is 5.85. The van der Waals surface area contributed by atoms with Gasteiger partial charge >= 0.3 is 0 Å². The second-order valence-electron chi connectivity index (χ2n) is 7.70. The van der Waals surface area contributed by atoms with Crippen LogP contribution in [0, 0.1) is 5.95 Å². The number of rotatable bonds is 5. The van der Waals surface area contributed by atoms with Gasteiger partial charge in [-0.05, 0) is 32.0 Å². The van der Waals surface area contributed by atoms with Crippen molar-refractivity contribution in [2.45, 2.75) is 24.0 Å². The summed E-state index contributed by atoms with van der Waals surface area (Å²) in [4.78, 5) is 19.8. The third-order valence-electron chi connectivity index (χ3n) is 6.02. The predicted molar refractivity (Wildman–Crippen MR) is 95.9 cm³/mol. The molecular formula is C18H26FN5O2. The Labute approximate surface area is 152 Å². The van der Waals surface area contributed by atoms with Crippen LogP contribution in [0.3, 0.4) is 0 Å². The molecule has 0 radical (unpaired) electrons. The van der Waals surface area contributed by atoms with E-state index in [0.29, 0.717) is 5.69 Å². The Morgan fingerprint density at radius 1 is 1.27 bits per heavy atom. The zero-order valence-electron chi connectivity index (χ0n) is 15.3. The molecule has 1 amide bonds. The first-order valence-electron chi connectivity index (χ1n) is 9.17. The van der Waals surface area contributed by atoms with Crippen molar-refractivity contribution in [1.82, 2.24) is 20.5 Å². The first-order valence-corrected chi connectivity index (χ1v) is 9.17. The molecule has 0 aromatic carbocycles. The molecule has 1 aromatic rings. The molecule has 3 aliphatic heterocycles. The van der Waals surface area contributed by atoms with Gasteiger partial charge in [0.05, 0.1) is 17.9 Å². The van der Waals surface area contributed by atoms with Crippen molar-refractivity contribution in [3.05, 3.63) is 23.8 Å². The molecule has 3 saturated heterocycles. The highest BCUT2D eigenvalue weighted by Gasteiger charge is 2.62. The van der Waals surface area contributed by atoms with Gasteiger partial charge in [0.1, 0.15) is 5.69 Å². The van der Waals surface area contributed by atoms with Crippen LogP contribution in [0.4, 0.5) is 10.1 Å². The van der Waals surface area contributed by atoms with Gasteiger partial charge in [-0.3, -0.25) is 9.69 Å². The number of hydrogen-bond acceptors (Lipinski definition) is 6. The van der Waals surface area contributed by atoms with E-state index in [9.17, 15) is 9.18 Å². The van der Waals surface area contributed by atoms with Crippen molar-refractivity contribution in [3.63, 3.8) is 0 Å². The summed E-state index contributed by atoms with van der Waals surface area (Å²) in [7, 11) is 3.51. The molecule has 1 aliphatic carbocycles. The van der Waals surface area contributed by atoms with E-state index in [1.54, 1.807) is 12.1 Å². The number of pyridine rings is 1. The Kier molecular flexibility index (Phi) is 4.37. The van der Waals surface area contributed by atoms with E-state index < -0.39 is 5.95 Å². The fourth-order valence-corrected chi connectivity index (χ4v) is 4.56. The lowest BCUT2D eigenvalue weighted by Gasteiger charge is -2.48. The Morgan fingerprint density at radius 3 is 2.58 bits per heavy atom. The lowest BCUT2D eigenvalue weighted by Crippen LogP contribution is -2.61. The third kappa shape index (κ3) is 2.95. The van der Waals surface area contributed by atoms with Crippen molar-refractivity contribution in [1.29, 1.82) is 0 Å². The largest absolute Gasteiger partial charge is 0.372 e. The van der Waals surface area contributed by atoms with E-state index in [2.05, 4.69) is 20.5 Å². The molecule has 5 rings (SSSR count). The predicted octanol–water partition coefficient (Wildman–Crippen LogP) is 0.223. The van der Waals surface area contributed by atoms with Gasteiger partial charge in [-0.2, -0.15) is 4.39 Å². The monoisotopic (exact) mass is 363 g/mol. The molecule has 1 saturated carbocycles. The minimum absolute atomic E-state index is 0.00709. The Bertz CT molecular complexity index is 699. The Hall–Kier alpha value is -1.77. The summed E-state index contributed by atoms with van der Waals surface area (Å²) < 4.78 is 20.4. The van der Waals surface area contributed by atoms with Gasteiger partial charge in [-0.15, -0.1) is 0 Å². The Morgan fingerprint density at radius 2 is 2.00 bits per heavy atom. The molecule has 7 nitrogen and oxygen atoms in total. The standard InChI is InChI=1S/C18H26FN5O2/c1-20-16(25)13-3-4-14(15(19)22-13)24-7-5-23(6-8-24)11-18-9-17(10-18,21-2)12-26-18/h3-4,21H,5-12H2,1-2H3,(H,20,25). The van der Waals surface area contributed by atoms with E-state index in [0.717, 1.165) is 52.2 Å². The second-order valence-corrected chi connectivity index (χ2v) is 7.70. The number of anilines is 1. The molecule has 0 spiro atoms. The zero-order chi connectivity index (χ0) is 18.4. The van der Waals surface area contributed by atoms with Crippen LogP contribution in [0.1, 0.15) is 23.3 Å². The van der Waals surface area contributed by atoms with E-state index in [1.165, 1.54) is 7.05 Å².